The maximum Gasteiger partial charge on any atom is 0.491 e. The molecule has 0 fully saturated rings. The highest BCUT2D eigenvalue weighted by Gasteiger charge is 2.44. The van der Waals surface area contributed by atoms with E-state index in [0.29, 0.717) is 0 Å². The van der Waals surface area contributed by atoms with Crippen LogP contribution in [0.4, 0.5) is 39.9 Å². The van der Waals surface area contributed by atoms with Gasteiger partial charge in [-0.25, -0.2) is 23.4 Å². The van der Waals surface area contributed by atoms with Gasteiger partial charge in [0.05, 0.1) is 11.1 Å². The number of aryl methyl sites for hydroxylation is 1. The van der Waals surface area contributed by atoms with Crippen molar-refractivity contribution in [1.29, 1.82) is 0 Å². The number of nitrogens with zero attached hydrogens (tertiary/aromatic N) is 2. The van der Waals surface area contributed by atoms with Gasteiger partial charge in [-0.3, -0.25) is 9.20 Å². The summed E-state index contributed by atoms with van der Waals surface area (Å²) in [6.07, 6.45) is -11.0. The van der Waals surface area contributed by atoms with Crippen molar-refractivity contribution < 1.29 is 59.0 Å². The van der Waals surface area contributed by atoms with E-state index in [0.717, 1.165) is 28.8 Å². The number of nitrogens with one attached hydrogen (secondary N) is 2. The Balaban J connectivity index is 1.93. The summed E-state index contributed by atoms with van der Waals surface area (Å²) in [6, 6.07) is 4.28. The van der Waals surface area contributed by atoms with Crippen molar-refractivity contribution in [2.75, 3.05) is 6.54 Å². The third kappa shape index (κ3) is 7.90. The summed E-state index contributed by atoms with van der Waals surface area (Å²) in [5.41, 5.74) is -4.96. The minimum atomic E-state index is -5.46. The summed E-state index contributed by atoms with van der Waals surface area (Å²) < 4.78 is 117. The largest absolute Gasteiger partial charge is 0.491 e. The van der Waals surface area contributed by atoms with Crippen LogP contribution in [0.5, 0.6) is 5.75 Å². The van der Waals surface area contributed by atoms with Crippen molar-refractivity contribution in [3.8, 4) is 5.75 Å². The van der Waals surface area contributed by atoms with Crippen LogP contribution in [0.2, 0.25) is 0 Å². The molecule has 0 aliphatic heterocycles. The number of esters is 1. The van der Waals surface area contributed by atoms with Gasteiger partial charge >= 0.3 is 24.4 Å². The van der Waals surface area contributed by atoms with Crippen LogP contribution < -0.4 is 15.4 Å². The lowest BCUT2D eigenvalue weighted by molar-refractivity contribution is -0.193. The van der Waals surface area contributed by atoms with E-state index >= 15 is 0 Å². The molecule has 3 aromatic rings. The quantitative estimate of drug-likeness (QED) is 0.182. The number of carbonyl (C=O) groups is 3. The number of amides is 2. The number of carbonyl (C=O) groups excluding carboxylic acids is 3. The first kappa shape index (κ1) is 33.1. The summed E-state index contributed by atoms with van der Waals surface area (Å²) in [5, 5.41) is 4.22. The van der Waals surface area contributed by atoms with Crippen molar-refractivity contribution in [2.45, 2.75) is 58.1 Å². The van der Waals surface area contributed by atoms with E-state index < -0.39 is 83.2 Å². The second kappa shape index (κ2) is 12.4. The van der Waals surface area contributed by atoms with Crippen LogP contribution in [0, 0.1) is 18.6 Å². The number of hydrogen-bond donors (Lipinski definition) is 2. The van der Waals surface area contributed by atoms with E-state index in [2.05, 4.69) is 15.0 Å². The van der Waals surface area contributed by atoms with Gasteiger partial charge < -0.3 is 20.1 Å². The number of halogens is 8. The number of benzene rings is 1. The Morgan fingerprint density at radius 3 is 2.23 bits per heavy atom. The Morgan fingerprint density at radius 1 is 1.05 bits per heavy atom. The molecule has 2 N–H and O–H groups in total. The topological polar surface area (TPSA) is 111 Å². The van der Waals surface area contributed by atoms with E-state index in [9.17, 15) is 49.5 Å². The zero-order chi connectivity index (χ0) is 32.3. The zero-order valence-corrected chi connectivity index (χ0v) is 22.7. The predicted molar refractivity (Wildman–Crippen MR) is 132 cm³/mol. The molecule has 9 nitrogen and oxygen atoms in total. The molecule has 1 aromatic carbocycles. The molecule has 0 bridgehead atoms. The Morgan fingerprint density at radius 2 is 1.67 bits per heavy atom. The fourth-order valence-corrected chi connectivity index (χ4v) is 4.11. The molecule has 1 unspecified atom stereocenters. The molecule has 2 aromatic heterocycles. The first-order valence-corrected chi connectivity index (χ1v) is 12.4. The zero-order valence-electron chi connectivity index (χ0n) is 22.7. The van der Waals surface area contributed by atoms with Crippen LogP contribution in [0.3, 0.4) is 0 Å². The summed E-state index contributed by atoms with van der Waals surface area (Å²) in [7, 11) is 0. The van der Waals surface area contributed by atoms with E-state index in [1.807, 2.05) is 5.32 Å². The van der Waals surface area contributed by atoms with Crippen LogP contribution in [0.25, 0.3) is 5.65 Å². The van der Waals surface area contributed by atoms with Gasteiger partial charge in [0.2, 0.25) is 0 Å². The minimum absolute atomic E-state index is 0.00836. The monoisotopic (exact) mass is 624 g/mol. The van der Waals surface area contributed by atoms with Gasteiger partial charge in [-0.1, -0.05) is 19.4 Å². The van der Waals surface area contributed by atoms with Gasteiger partial charge in [-0.2, -0.15) is 26.3 Å². The second-order valence-electron chi connectivity index (χ2n) is 9.66. The SMILES string of the molecule is CCCC(C)(CNC(=O)c1c(C(F)(F)F)nc2c(OCc3c(F)cccc3F)cc(C)cn12)NC(=O)OC(=O)C(F)(F)F. The smallest absolute Gasteiger partial charge is 0.485 e. The number of hydrogen-bond acceptors (Lipinski definition) is 6. The van der Waals surface area contributed by atoms with Crippen LogP contribution in [-0.4, -0.2) is 45.6 Å². The lowest BCUT2D eigenvalue weighted by atomic mass is 9.96. The van der Waals surface area contributed by atoms with Gasteiger partial charge in [0.25, 0.3) is 5.91 Å². The molecule has 3 rings (SSSR count). The molecular formula is C26H24F8N4O5. The van der Waals surface area contributed by atoms with Crippen molar-refractivity contribution in [3.05, 3.63) is 64.6 Å². The molecular weight excluding hydrogens is 600 g/mol. The Labute approximate surface area is 238 Å². The maximum absolute atomic E-state index is 14.1. The standard InChI is InChI=1S/C26H24F8N4O5/c1-4-8-24(3,37-23(41)43-22(40)26(32,33)34)12-35-21(39)18-19(25(29,30)31)36-20-17(9-13(2)10-38(18)20)42-11-14-15(27)6-5-7-16(14)28/h5-7,9-10H,4,8,11-12H2,1-3H3,(H,35,39)(H,37,41). The molecule has 1 atom stereocenters. The molecule has 0 aliphatic rings. The number of ether oxygens (including phenoxy) is 2. The lowest BCUT2D eigenvalue weighted by Gasteiger charge is -2.30. The first-order chi connectivity index (χ1) is 19.9. The average Bonchev–Trinajstić information content (AvgIpc) is 3.26. The molecule has 0 saturated heterocycles. The van der Waals surface area contributed by atoms with E-state index in [1.54, 1.807) is 6.92 Å². The summed E-state index contributed by atoms with van der Waals surface area (Å²) in [6.45, 7) is 2.98. The number of rotatable bonds is 9. The summed E-state index contributed by atoms with van der Waals surface area (Å²) in [4.78, 5) is 39.6. The molecule has 0 spiro atoms. The predicted octanol–water partition coefficient (Wildman–Crippen LogP) is 5.62. The van der Waals surface area contributed by atoms with Crippen LogP contribution in [0.15, 0.2) is 30.5 Å². The number of alkyl carbamates (subject to hydrolysis) is 1. The second-order valence-corrected chi connectivity index (χ2v) is 9.66. The van der Waals surface area contributed by atoms with E-state index in [4.69, 9.17) is 4.74 Å². The van der Waals surface area contributed by atoms with Gasteiger partial charge in [0.15, 0.2) is 17.1 Å². The summed E-state index contributed by atoms with van der Waals surface area (Å²) >= 11 is 0. The van der Waals surface area contributed by atoms with Crippen molar-refractivity contribution in [2.24, 2.45) is 0 Å². The minimum Gasteiger partial charge on any atom is -0.485 e. The number of alkyl halides is 6. The van der Waals surface area contributed by atoms with Gasteiger partial charge in [0.1, 0.15) is 23.9 Å². The normalized spacial score (nSPS) is 13.4. The third-order valence-electron chi connectivity index (χ3n) is 6.00. The molecule has 2 heterocycles. The van der Waals surface area contributed by atoms with Gasteiger partial charge in [-0.15, -0.1) is 0 Å². The van der Waals surface area contributed by atoms with Gasteiger partial charge in [-0.05, 0) is 44.0 Å². The van der Waals surface area contributed by atoms with Crippen molar-refractivity contribution >= 4 is 23.6 Å². The molecule has 17 heteroatoms. The fourth-order valence-electron chi connectivity index (χ4n) is 4.11. The molecule has 234 valence electrons. The highest BCUT2D eigenvalue weighted by molar-refractivity contribution is 5.95. The van der Waals surface area contributed by atoms with Crippen molar-refractivity contribution in [3.63, 3.8) is 0 Å². The first-order valence-electron chi connectivity index (χ1n) is 12.4. The Hall–Kier alpha value is -4.44. The maximum atomic E-state index is 14.1. The van der Waals surface area contributed by atoms with E-state index in [-0.39, 0.29) is 24.2 Å². The number of fused-ring (bicyclic) bond motifs is 1. The number of imidazole rings is 1. The fraction of sp³-hybridized carbons (Fsp3) is 0.385. The highest BCUT2D eigenvalue weighted by Crippen LogP contribution is 2.35. The van der Waals surface area contributed by atoms with Crippen LogP contribution >= 0.6 is 0 Å². The van der Waals surface area contributed by atoms with Gasteiger partial charge in [0, 0.05) is 12.7 Å². The van der Waals surface area contributed by atoms with E-state index in [1.165, 1.54) is 19.9 Å². The highest BCUT2D eigenvalue weighted by atomic mass is 19.4. The lowest BCUT2D eigenvalue weighted by Crippen LogP contribution is -2.54. The molecule has 43 heavy (non-hydrogen) atoms. The van der Waals surface area contributed by atoms with Crippen LogP contribution in [-0.2, 0) is 22.3 Å². The molecule has 0 radical (unpaired) electrons. The average molecular weight is 624 g/mol. The third-order valence-corrected chi connectivity index (χ3v) is 6.00. The molecule has 2 amide bonds. The number of aromatic nitrogens is 2. The van der Waals surface area contributed by atoms with Crippen LogP contribution in [0.1, 0.15) is 54.0 Å². The number of pyridine rings is 1. The Kier molecular flexibility index (Phi) is 9.56. The Bertz CT molecular complexity index is 1520. The van der Waals surface area contributed by atoms with Crippen molar-refractivity contribution in [1.82, 2.24) is 20.0 Å². The summed E-state index contributed by atoms with van der Waals surface area (Å²) in [5.74, 6) is -6.39. The molecule has 0 saturated carbocycles. The molecule has 0 aliphatic carbocycles.